The molecule has 1 N–H and O–H groups in total. The lowest BCUT2D eigenvalue weighted by molar-refractivity contribution is 0.384. The Balaban J connectivity index is 1.92. The lowest BCUT2D eigenvalue weighted by atomic mass is 9.95. The predicted molar refractivity (Wildman–Crippen MR) is 79.5 cm³/mol. The van der Waals surface area contributed by atoms with Gasteiger partial charge >= 0.3 is 0 Å². The maximum atomic E-state index is 4.53. The van der Waals surface area contributed by atoms with Crippen LogP contribution in [0.15, 0.2) is 12.4 Å². The van der Waals surface area contributed by atoms with E-state index >= 15 is 0 Å². The van der Waals surface area contributed by atoms with Crippen LogP contribution in [0.4, 0.5) is 5.95 Å². The van der Waals surface area contributed by atoms with Crippen molar-refractivity contribution >= 4 is 5.95 Å². The van der Waals surface area contributed by atoms with Gasteiger partial charge in [0.25, 0.3) is 0 Å². The first kappa shape index (κ1) is 14.3. The van der Waals surface area contributed by atoms with Crippen LogP contribution >= 0.6 is 0 Å². The molecule has 0 aromatic carbocycles. The second-order valence-electron chi connectivity index (χ2n) is 5.49. The highest BCUT2D eigenvalue weighted by atomic mass is 15.2. The van der Waals surface area contributed by atoms with E-state index in [0.717, 1.165) is 44.3 Å². The third-order valence-corrected chi connectivity index (χ3v) is 3.83. The molecule has 4 heteroatoms. The summed E-state index contributed by atoms with van der Waals surface area (Å²) in [6, 6.07) is 0. The van der Waals surface area contributed by atoms with Crippen molar-refractivity contribution in [2.24, 2.45) is 5.92 Å². The van der Waals surface area contributed by atoms with Crippen LogP contribution in [0, 0.1) is 5.92 Å². The lowest BCUT2D eigenvalue weighted by Crippen LogP contribution is -2.37. The molecule has 0 saturated carbocycles. The first-order valence-electron chi connectivity index (χ1n) is 7.54. The topological polar surface area (TPSA) is 41.1 Å². The number of anilines is 1. The van der Waals surface area contributed by atoms with Gasteiger partial charge in [0.1, 0.15) is 0 Å². The van der Waals surface area contributed by atoms with Crippen LogP contribution in [0.5, 0.6) is 0 Å². The molecule has 1 aromatic rings. The molecule has 0 amide bonds. The summed E-state index contributed by atoms with van der Waals surface area (Å²) in [4.78, 5) is 11.4. The first-order chi connectivity index (χ1) is 9.33. The largest absolute Gasteiger partial charge is 0.341 e. The Hall–Kier alpha value is -1.16. The summed E-state index contributed by atoms with van der Waals surface area (Å²) in [6.45, 7) is 5.50. The number of rotatable bonds is 6. The van der Waals surface area contributed by atoms with Crippen LogP contribution in [-0.4, -0.2) is 36.6 Å². The molecule has 2 rings (SSSR count). The van der Waals surface area contributed by atoms with Gasteiger partial charge in [0.05, 0.1) is 0 Å². The molecule has 19 heavy (non-hydrogen) atoms. The first-order valence-corrected chi connectivity index (χ1v) is 7.54. The second kappa shape index (κ2) is 7.43. The number of hydrogen-bond donors (Lipinski definition) is 1. The van der Waals surface area contributed by atoms with E-state index in [0.29, 0.717) is 0 Å². The molecular formula is C15H26N4. The minimum absolute atomic E-state index is 0.778. The number of aryl methyl sites for hydroxylation is 1. The molecule has 1 aliphatic heterocycles. The maximum Gasteiger partial charge on any atom is 0.225 e. The maximum absolute atomic E-state index is 4.53. The minimum Gasteiger partial charge on any atom is -0.341 e. The fraction of sp³-hybridized carbons (Fsp3) is 0.733. The molecule has 1 atom stereocenters. The molecule has 0 bridgehead atoms. The molecule has 0 radical (unpaired) electrons. The summed E-state index contributed by atoms with van der Waals surface area (Å²) in [5.74, 6) is 1.69. The quantitative estimate of drug-likeness (QED) is 0.854. The summed E-state index contributed by atoms with van der Waals surface area (Å²) in [7, 11) is 2.02. The van der Waals surface area contributed by atoms with Crippen molar-refractivity contribution in [2.45, 2.75) is 39.0 Å². The molecular weight excluding hydrogens is 236 g/mol. The second-order valence-corrected chi connectivity index (χ2v) is 5.49. The molecule has 1 unspecified atom stereocenters. The van der Waals surface area contributed by atoms with Crippen LogP contribution in [-0.2, 0) is 6.42 Å². The van der Waals surface area contributed by atoms with E-state index < -0.39 is 0 Å². The van der Waals surface area contributed by atoms with Gasteiger partial charge in [0, 0.05) is 25.5 Å². The Labute approximate surface area is 116 Å². The Morgan fingerprint density at radius 3 is 2.84 bits per heavy atom. The van der Waals surface area contributed by atoms with E-state index in [1.54, 1.807) is 0 Å². The standard InChI is InChI=1S/C15H26N4/c1-3-5-14-10-17-15(18-11-14)19-9-4-6-13(12-19)7-8-16-2/h10-11,13,16H,3-9,12H2,1-2H3. The van der Waals surface area contributed by atoms with Crippen LogP contribution in [0.1, 0.15) is 38.2 Å². The fourth-order valence-electron chi connectivity index (χ4n) is 2.76. The smallest absolute Gasteiger partial charge is 0.225 e. The summed E-state index contributed by atoms with van der Waals surface area (Å²) in [6.07, 6.45) is 10.1. The fourth-order valence-corrected chi connectivity index (χ4v) is 2.76. The van der Waals surface area contributed by atoms with Crippen molar-refractivity contribution in [1.82, 2.24) is 15.3 Å². The van der Waals surface area contributed by atoms with Crippen molar-refractivity contribution in [1.29, 1.82) is 0 Å². The molecule has 106 valence electrons. The van der Waals surface area contributed by atoms with Crippen molar-refractivity contribution in [2.75, 3.05) is 31.6 Å². The van der Waals surface area contributed by atoms with E-state index in [9.17, 15) is 0 Å². The predicted octanol–water partition coefficient (Wildman–Crippen LogP) is 2.25. The van der Waals surface area contributed by atoms with Crippen LogP contribution < -0.4 is 10.2 Å². The van der Waals surface area contributed by atoms with Gasteiger partial charge in [-0.1, -0.05) is 13.3 Å². The molecule has 1 aliphatic rings. The zero-order chi connectivity index (χ0) is 13.5. The van der Waals surface area contributed by atoms with Gasteiger partial charge in [-0.15, -0.1) is 0 Å². The van der Waals surface area contributed by atoms with Crippen molar-refractivity contribution in [3.63, 3.8) is 0 Å². The molecule has 0 aliphatic carbocycles. The van der Waals surface area contributed by atoms with Gasteiger partial charge < -0.3 is 10.2 Å². The Morgan fingerprint density at radius 2 is 2.16 bits per heavy atom. The minimum atomic E-state index is 0.778. The summed E-state index contributed by atoms with van der Waals surface area (Å²) in [5, 5.41) is 3.24. The van der Waals surface area contributed by atoms with Gasteiger partial charge in [-0.05, 0) is 50.8 Å². The van der Waals surface area contributed by atoms with Crippen LogP contribution in [0.25, 0.3) is 0 Å². The van der Waals surface area contributed by atoms with Crippen molar-refractivity contribution < 1.29 is 0 Å². The monoisotopic (exact) mass is 262 g/mol. The van der Waals surface area contributed by atoms with Crippen molar-refractivity contribution in [3.05, 3.63) is 18.0 Å². The molecule has 1 fully saturated rings. The number of aromatic nitrogens is 2. The Bertz CT molecular complexity index is 363. The van der Waals surface area contributed by atoms with Gasteiger partial charge in [-0.2, -0.15) is 0 Å². The van der Waals surface area contributed by atoms with E-state index in [-0.39, 0.29) is 0 Å². The van der Waals surface area contributed by atoms with E-state index in [1.165, 1.54) is 24.8 Å². The normalized spacial score (nSPS) is 19.7. The Kier molecular flexibility index (Phi) is 5.58. The average Bonchev–Trinajstić information content (AvgIpc) is 2.46. The number of hydrogen-bond acceptors (Lipinski definition) is 4. The zero-order valence-corrected chi connectivity index (χ0v) is 12.2. The van der Waals surface area contributed by atoms with Crippen molar-refractivity contribution in [3.8, 4) is 0 Å². The highest BCUT2D eigenvalue weighted by Crippen LogP contribution is 2.22. The molecule has 1 saturated heterocycles. The summed E-state index contributed by atoms with van der Waals surface area (Å²) in [5.41, 5.74) is 1.25. The lowest BCUT2D eigenvalue weighted by Gasteiger charge is -2.32. The number of nitrogens with one attached hydrogen (secondary N) is 1. The van der Waals surface area contributed by atoms with E-state index in [4.69, 9.17) is 0 Å². The van der Waals surface area contributed by atoms with E-state index in [1.807, 2.05) is 19.4 Å². The molecule has 0 spiro atoms. The van der Waals surface area contributed by atoms with Crippen LogP contribution in [0.3, 0.4) is 0 Å². The van der Waals surface area contributed by atoms with Gasteiger partial charge in [-0.25, -0.2) is 9.97 Å². The summed E-state index contributed by atoms with van der Waals surface area (Å²) >= 11 is 0. The van der Waals surface area contributed by atoms with Crippen LogP contribution in [0.2, 0.25) is 0 Å². The third kappa shape index (κ3) is 4.16. The average molecular weight is 262 g/mol. The molecule has 2 heterocycles. The molecule has 4 nitrogen and oxygen atoms in total. The van der Waals surface area contributed by atoms with E-state index in [2.05, 4.69) is 27.1 Å². The Morgan fingerprint density at radius 1 is 1.37 bits per heavy atom. The zero-order valence-electron chi connectivity index (χ0n) is 12.2. The number of nitrogens with zero attached hydrogens (tertiary/aromatic N) is 3. The third-order valence-electron chi connectivity index (χ3n) is 3.83. The van der Waals surface area contributed by atoms with Gasteiger partial charge in [-0.3, -0.25) is 0 Å². The number of piperidine rings is 1. The summed E-state index contributed by atoms with van der Waals surface area (Å²) < 4.78 is 0. The highest BCUT2D eigenvalue weighted by Gasteiger charge is 2.21. The SMILES string of the molecule is CCCc1cnc(N2CCCC(CCNC)C2)nc1. The highest BCUT2D eigenvalue weighted by molar-refractivity contribution is 5.30. The van der Waals surface area contributed by atoms with Gasteiger partial charge in [0.15, 0.2) is 0 Å². The molecule has 1 aromatic heterocycles. The van der Waals surface area contributed by atoms with Gasteiger partial charge in [0.2, 0.25) is 5.95 Å².